The van der Waals surface area contributed by atoms with E-state index in [1.54, 1.807) is 12.1 Å². The van der Waals surface area contributed by atoms with Crippen LogP contribution in [0.15, 0.2) is 60.9 Å². The second-order valence-electron chi connectivity index (χ2n) is 7.19. The van der Waals surface area contributed by atoms with E-state index in [1.807, 2.05) is 42.5 Å². The van der Waals surface area contributed by atoms with Gasteiger partial charge in [-0.3, -0.25) is 14.7 Å². The number of aromatic amines is 1. The lowest BCUT2D eigenvalue weighted by atomic mass is 9.79. The van der Waals surface area contributed by atoms with Gasteiger partial charge in [-0.2, -0.15) is 5.10 Å². The Morgan fingerprint density at radius 2 is 1.81 bits per heavy atom. The number of aliphatic hydroxyl groups excluding tert-OH is 1. The zero-order chi connectivity index (χ0) is 22.3. The summed E-state index contributed by atoms with van der Waals surface area (Å²) in [7, 11) is 0. The molecule has 1 saturated heterocycles. The third kappa shape index (κ3) is 5.33. The third-order valence-electron chi connectivity index (χ3n) is 5.06. The lowest BCUT2D eigenvalue weighted by Gasteiger charge is -2.43. The number of hydrogen-bond acceptors (Lipinski definition) is 6. The summed E-state index contributed by atoms with van der Waals surface area (Å²) in [6, 6.07) is 16.8. The number of nitrogens with zero attached hydrogens (tertiary/aromatic N) is 2. The lowest BCUT2D eigenvalue weighted by Crippen LogP contribution is -2.61. The quantitative estimate of drug-likeness (QED) is 0.429. The first-order chi connectivity index (χ1) is 14.9. The number of carboxylic acids is 1. The van der Waals surface area contributed by atoms with Gasteiger partial charge in [0.2, 0.25) is 0 Å². The molecule has 9 nitrogen and oxygen atoms in total. The fraction of sp³-hybridized carbons (Fsp3) is 0.273. The molecule has 3 aromatic rings. The third-order valence-corrected chi connectivity index (χ3v) is 5.06. The molecule has 9 heteroatoms. The average Bonchev–Trinajstić information content (AvgIpc) is 3.31. The number of carboxylic acid groups (broad SMARTS) is 1. The number of aliphatic hydroxyl groups is 1. The number of amides is 1. The van der Waals surface area contributed by atoms with Gasteiger partial charge in [-0.15, -0.1) is 0 Å². The number of piperidine rings is 1. The molecule has 1 aromatic heterocycles. The highest BCUT2D eigenvalue weighted by atomic mass is 16.4. The Labute approximate surface area is 179 Å². The van der Waals surface area contributed by atoms with Gasteiger partial charge < -0.3 is 20.8 Å². The van der Waals surface area contributed by atoms with Gasteiger partial charge in [0, 0.05) is 24.6 Å². The number of hydrogen-bond donors (Lipinski definition) is 5. The van der Waals surface area contributed by atoms with Gasteiger partial charge in [0.25, 0.3) is 11.9 Å². The highest BCUT2D eigenvalue weighted by Crippen LogP contribution is 2.31. The first-order valence-electron chi connectivity index (χ1n) is 9.84. The maximum atomic E-state index is 13.0. The van der Waals surface area contributed by atoms with Crippen molar-refractivity contribution in [2.75, 3.05) is 13.1 Å². The van der Waals surface area contributed by atoms with Crippen LogP contribution in [0, 0.1) is 0 Å². The molecule has 2 aromatic carbocycles. The molecule has 0 bridgehead atoms. The summed E-state index contributed by atoms with van der Waals surface area (Å²) in [5, 5.41) is 31.1. The molecule has 0 spiro atoms. The van der Waals surface area contributed by atoms with Crippen molar-refractivity contribution in [3.8, 4) is 11.4 Å². The summed E-state index contributed by atoms with van der Waals surface area (Å²) in [4.78, 5) is 26.1. The van der Waals surface area contributed by atoms with Crippen molar-refractivity contribution in [1.29, 1.82) is 0 Å². The molecule has 0 radical (unpaired) electrons. The number of β-amino-alcohol motifs (C(OH)–C–C–N with tert-alkyl or cyclic N) is 1. The molecular weight excluding hydrogens is 398 g/mol. The van der Waals surface area contributed by atoms with E-state index in [9.17, 15) is 9.90 Å². The van der Waals surface area contributed by atoms with Gasteiger partial charge in [0.15, 0.2) is 5.82 Å². The van der Waals surface area contributed by atoms with Gasteiger partial charge in [-0.1, -0.05) is 42.5 Å². The first kappa shape index (κ1) is 22.1. The minimum absolute atomic E-state index is 0.219. The highest BCUT2D eigenvalue weighted by Gasteiger charge is 2.42. The van der Waals surface area contributed by atoms with Gasteiger partial charge in [-0.25, -0.2) is 4.98 Å². The average molecular weight is 423 g/mol. The molecule has 0 saturated carbocycles. The van der Waals surface area contributed by atoms with E-state index in [4.69, 9.17) is 9.90 Å². The van der Waals surface area contributed by atoms with Crippen LogP contribution >= 0.6 is 0 Å². The van der Waals surface area contributed by atoms with Crippen LogP contribution in [0.4, 0.5) is 0 Å². The smallest absolute Gasteiger partial charge is 0.300 e. The molecule has 162 valence electrons. The second kappa shape index (κ2) is 9.96. The van der Waals surface area contributed by atoms with Crippen LogP contribution in [0.25, 0.3) is 11.4 Å². The van der Waals surface area contributed by atoms with Crippen molar-refractivity contribution in [3.05, 3.63) is 72.1 Å². The summed E-state index contributed by atoms with van der Waals surface area (Å²) in [5.74, 6) is -0.402. The van der Waals surface area contributed by atoms with E-state index in [1.165, 1.54) is 6.33 Å². The Kier molecular flexibility index (Phi) is 7.11. The van der Waals surface area contributed by atoms with Crippen LogP contribution in [-0.2, 0) is 10.3 Å². The second-order valence-corrected chi connectivity index (χ2v) is 7.19. The molecule has 2 atom stereocenters. The Morgan fingerprint density at radius 1 is 1.13 bits per heavy atom. The molecule has 1 amide bonds. The highest BCUT2D eigenvalue weighted by molar-refractivity contribution is 5.95. The standard InChI is InChI=1S/C20H21N5O2.C2H4O2/c26-17-12-21-11-10-20(17,16-4-2-1-3-5-16)24-19(27)15-8-6-14(7-9-15)18-22-13-23-25-18;1-2(3)4/h1-9,13,17,21,26H,10-12H2,(H,24,27)(H,22,23,25);1H3,(H,3,4)/t17-,20-;/m1./s1. The number of aliphatic carboxylic acids is 1. The van der Waals surface area contributed by atoms with E-state index < -0.39 is 17.6 Å². The fourth-order valence-electron chi connectivity index (χ4n) is 3.55. The van der Waals surface area contributed by atoms with Crippen molar-refractivity contribution >= 4 is 11.9 Å². The van der Waals surface area contributed by atoms with Crippen LogP contribution in [0.1, 0.15) is 29.3 Å². The largest absolute Gasteiger partial charge is 0.481 e. The number of aromatic nitrogens is 3. The van der Waals surface area contributed by atoms with Crippen LogP contribution in [-0.4, -0.2) is 56.5 Å². The van der Waals surface area contributed by atoms with Crippen LogP contribution in [0.3, 0.4) is 0 Å². The molecule has 4 rings (SSSR count). The minimum atomic E-state index is -0.833. The van der Waals surface area contributed by atoms with E-state index in [0.29, 0.717) is 24.4 Å². The summed E-state index contributed by atoms with van der Waals surface area (Å²) in [5.41, 5.74) is 1.47. The summed E-state index contributed by atoms with van der Waals surface area (Å²) < 4.78 is 0. The van der Waals surface area contributed by atoms with Crippen molar-refractivity contribution in [2.24, 2.45) is 0 Å². The first-order valence-corrected chi connectivity index (χ1v) is 9.84. The summed E-state index contributed by atoms with van der Waals surface area (Å²) in [6.45, 7) is 2.23. The Morgan fingerprint density at radius 3 is 2.39 bits per heavy atom. The van der Waals surface area contributed by atoms with Gasteiger partial charge in [0.1, 0.15) is 6.33 Å². The lowest BCUT2D eigenvalue weighted by molar-refractivity contribution is -0.134. The number of benzene rings is 2. The Hall–Kier alpha value is -3.56. The Bertz CT molecular complexity index is 989. The summed E-state index contributed by atoms with van der Waals surface area (Å²) in [6.07, 6.45) is 1.34. The van der Waals surface area contributed by atoms with Crippen molar-refractivity contribution < 1.29 is 19.8 Å². The number of carbonyl (C=O) groups excluding carboxylic acids is 1. The van der Waals surface area contributed by atoms with Gasteiger partial charge >= 0.3 is 0 Å². The molecular formula is C22H25N5O4. The fourth-order valence-corrected chi connectivity index (χ4v) is 3.55. The zero-order valence-corrected chi connectivity index (χ0v) is 17.1. The van der Waals surface area contributed by atoms with Gasteiger partial charge in [0.05, 0.1) is 11.6 Å². The zero-order valence-electron chi connectivity index (χ0n) is 17.1. The maximum absolute atomic E-state index is 13.0. The van der Waals surface area contributed by atoms with Crippen molar-refractivity contribution in [2.45, 2.75) is 25.0 Å². The monoisotopic (exact) mass is 423 g/mol. The Balaban J connectivity index is 0.000000628. The predicted octanol–water partition coefficient (Wildman–Crippen LogP) is 1.54. The molecule has 2 heterocycles. The van der Waals surface area contributed by atoms with E-state index in [0.717, 1.165) is 24.6 Å². The molecule has 5 N–H and O–H groups in total. The predicted molar refractivity (Wildman–Crippen MR) is 114 cm³/mol. The van der Waals surface area contributed by atoms with Crippen molar-refractivity contribution in [3.63, 3.8) is 0 Å². The maximum Gasteiger partial charge on any atom is 0.300 e. The molecule has 0 unspecified atom stereocenters. The normalized spacial score (nSPS) is 20.3. The molecule has 1 aliphatic heterocycles. The molecule has 1 aliphatic rings. The number of carbonyl (C=O) groups is 2. The minimum Gasteiger partial charge on any atom is -0.481 e. The van der Waals surface area contributed by atoms with E-state index >= 15 is 0 Å². The number of rotatable bonds is 4. The molecule has 31 heavy (non-hydrogen) atoms. The van der Waals surface area contributed by atoms with Crippen LogP contribution in [0.2, 0.25) is 0 Å². The number of nitrogens with one attached hydrogen (secondary N) is 3. The molecule has 0 aliphatic carbocycles. The SMILES string of the molecule is CC(=O)O.O=C(N[C@@]1(c2ccccc2)CCNC[C@H]1O)c1ccc(-c2ncn[nH]2)cc1. The number of H-pyrrole nitrogens is 1. The van der Waals surface area contributed by atoms with Crippen LogP contribution in [0.5, 0.6) is 0 Å². The van der Waals surface area contributed by atoms with Gasteiger partial charge in [-0.05, 0) is 30.7 Å². The van der Waals surface area contributed by atoms with Crippen molar-refractivity contribution in [1.82, 2.24) is 25.8 Å². The molecule has 1 fully saturated rings. The van der Waals surface area contributed by atoms with Crippen LogP contribution < -0.4 is 10.6 Å². The summed E-state index contributed by atoms with van der Waals surface area (Å²) >= 11 is 0. The van der Waals surface area contributed by atoms with E-state index in [2.05, 4.69) is 25.8 Å². The van der Waals surface area contributed by atoms with E-state index in [-0.39, 0.29) is 5.91 Å². The topological polar surface area (TPSA) is 140 Å².